The van der Waals surface area contributed by atoms with E-state index in [0.717, 1.165) is 0 Å². The summed E-state index contributed by atoms with van der Waals surface area (Å²) in [6, 6.07) is -0.806. The summed E-state index contributed by atoms with van der Waals surface area (Å²) in [5.74, 6) is -0.845. The van der Waals surface area contributed by atoms with Gasteiger partial charge in [-0.3, -0.25) is 4.79 Å². The maximum atomic E-state index is 10.5. The Morgan fingerprint density at radius 2 is 2.00 bits per heavy atom. The lowest BCUT2D eigenvalue weighted by Gasteiger charge is -2.35. The van der Waals surface area contributed by atoms with Crippen molar-refractivity contribution < 1.29 is 30.3 Å². The van der Waals surface area contributed by atoms with Crippen LogP contribution in [0.3, 0.4) is 0 Å². The summed E-state index contributed by atoms with van der Waals surface area (Å²) in [7, 11) is 0. The standard InChI is InChI=1S/C11H16N2O6/c14-4-6-8(17)9(18)10(19)11-12-5(3-13(6)11)1-2-7(15)16/h3,6,8-10,14,17-19H,1-2,4H2,(H,15,16)/t6-,8-,9+,10-/m1/s1. The summed E-state index contributed by atoms with van der Waals surface area (Å²) in [5, 5.41) is 47.1. The van der Waals surface area contributed by atoms with Gasteiger partial charge in [-0.05, 0) is 0 Å². The van der Waals surface area contributed by atoms with Crippen LogP contribution in [0.15, 0.2) is 6.20 Å². The lowest BCUT2D eigenvalue weighted by atomic mass is 9.96. The van der Waals surface area contributed by atoms with E-state index in [2.05, 4.69) is 4.98 Å². The number of nitrogens with zero attached hydrogens (tertiary/aromatic N) is 2. The van der Waals surface area contributed by atoms with Crippen LogP contribution in [-0.4, -0.2) is 59.9 Å². The first-order valence-corrected chi connectivity index (χ1v) is 5.90. The maximum Gasteiger partial charge on any atom is 0.303 e. The molecule has 1 aromatic heterocycles. The molecule has 0 radical (unpaired) electrons. The van der Waals surface area contributed by atoms with Crippen LogP contribution < -0.4 is 0 Å². The van der Waals surface area contributed by atoms with Crippen molar-refractivity contribution in [2.45, 2.75) is 37.2 Å². The van der Waals surface area contributed by atoms with Gasteiger partial charge in [0.2, 0.25) is 0 Å². The molecule has 8 nitrogen and oxygen atoms in total. The fourth-order valence-electron chi connectivity index (χ4n) is 2.23. The van der Waals surface area contributed by atoms with Crippen molar-refractivity contribution in [3.05, 3.63) is 17.7 Å². The topological polar surface area (TPSA) is 136 Å². The fraction of sp³-hybridized carbons (Fsp3) is 0.636. The number of aliphatic carboxylic acids is 1. The lowest BCUT2D eigenvalue weighted by Crippen LogP contribution is -2.46. The van der Waals surface area contributed by atoms with Crippen molar-refractivity contribution in [3.63, 3.8) is 0 Å². The van der Waals surface area contributed by atoms with E-state index < -0.39 is 36.9 Å². The number of rotatable bonds is 4. The van der Waals surface area contributed by atoms with Crippen LogP contribution in [0.1, 0.15) is 30.1 Å². The van der Waals surface area contributed by atoms with Gasteiger partial charge in [0.1, 0.15) is 24.1 Å². The largest absolute Gasteiger partial charge is 0.481 e. The van der Waals surface area contributed by atoms with Crippen molar-refractivity contribution in [3.8, 4) is 0 Å². The molecule has 5 N–H and O–H groups in total. The van der Waals surface area contributed by atoms with Crippen LogP contribution in [0.4, 0.5) is 0 Å². The summed E-state index contributed by atoms with van der Waals surface area (Å²) in [5.41, 5.74) is 0.427. The van der Waals surface area contributed by atoms with E-state index in [4.69, 9.17) is 5.11 Å². The molecule has 0 amide bonds. The number of carboxylic acid groups (broad SMARTS) is 1. The highest BCUT2D eigenvalue weighted by atomic mass is 16.4. The van der Waals surface area contributed by atoms with Gasteiger partial charge in [0.15, 0.2) is 0 Å². The first-order chi connectivity index (χ1) is 8.95. The molecule has 1 aromatic rings. The number of carbonyl (C=O) groups is 1. The molecule has 19 heavy (non-hydrogen) atoms. The average Bonchev–Trinajstić information content (AvgIpc) is 2.78. The molecule has 0 bridgehead atoms. The lowest BCUT2D eigenvalue weighted by molar-refractivity contribution is -0.136. The van der Waals surface area contributed by atoms with Gasteiger partial charge in [0, 0.05) is 12.6 Å². The van der Waals surface area contributed by atoms with Crippen molar-refractivity contribution in [1.29, 1.82) is 0 Å². The van der Waals surface area contributed by atoms with Crippen molar-refractivity contribution in [2.24, 2.45) is 0 Å². The number of imidazole rings is 1. The van der Waals surface area contributed by atoms with Crippen molar-refractivity contribution >= 4 is 5.97 Å². The molecule has 0 unspecified atom stereocenters. The Bertz CT molecular complexity index is 474. The number of aliphatic hydroxyl groups excluding tert-OH is 4. The average molecular weight is 272 g/mol. The fourth-order valence-corrected chi connectivity index (χ4v) is 2.23. The molecule has 1 aliphatic rings. The van der Waals surface area contributed by atoms with Gasteiger partial charge in [-0.1, -0.05) is 0 Å². The highest BCUT2D eigenvalue weighted by Crippen LogP contribution is 2.32. The first kappa shape index (κ1) is 13.9. The second kappa shape index (κ2) is 5.25. The van der Waals surface area contributed by atoms with Crippen molar-refractivity contribution in [1.82, 2.24) is 9.55 Å². The molecule has 0 saturated carbocycles. The van der Waals surface area contributed by atoms with E-state index >= 15 is 0 Å². The summed E-state index contributed by atoms with van der Waals surface area (Å²) >= 11 is 0. The zero-order valence-corrected chi connectivity index (χ0v) is 10.0. The molecule has 0 saturated heterocycles. The second-order valence-electron chi connectivity index (χ2n) is 4.57. The van der Waals surface area contributed by atoms with Gasteiger partial charge < -0.3 is 30.1 Å². The number of aliphatic hydroxyl groups is 4. The Labute approximate surface area is 108 Å². The van der Waals surface area contributed by atoms with E-state index in [-0.39, 0.29) is 18.7 Å². The van der Waals surface area contributed by atoms with Gasteiger partial charge in [-0.25, -0.2) is 4.98 Å². The molecule has 2 rings (SSSR count). The SMILES string of the molecule is O=C(O)CCc1cn2c(n1)[C@H](O)[C@@H](O)[C@H](O)[C@H]2CO. The van der Waals surface area contributed by atoms with E-state index in [1.54, 1.807) is 0 Å². The van der Waals surface area contributed by atoms with Crippen LogP contribution in [0.25, 0.3) is 0 Å². The molecule has 2 heterocycles. The van der Waals surface area contributed by atoms with Crippen LogP contribution in [-0.2, 0) is 11.2 Å². The van der Waals surface area contributed by atoms with Gasteiger partial charge in [0.25, 0.3) is 0 Å². The molecule has 8 heteroatoms. The van der Waals surface area contributed by atoms with E-state index in [0.29, 0.717) is 5.69 Å². The first-order valence-electron chi connectivity index (χ1n) is 5.90. The molecule has 1 aliphatic heterocycles. The smallest absolute Gasteiger partial charge is 0.303 e. The van der Waals surface area contributed by atoms with Gasteiger partial charge in [-0.15, -0.1) is 0 Å². The van der Waals surface area contributed by atoms with Crippen LogP contribution in [0.5, 0.6) is 0 Å². The predicted octanol–water partition coefficient (Wildman–Crippen LogP) is -1.80. The van der Waals surface area contributed by atoms with Crippen LogP contribution in [0, 0.1) is 0 Å². The Morgan fingerprint density at radius 1 is 1.32 bits per heavy atom. The van der Waals surface area contributed by atoms with Crippen molar-refractivity contribution in [2.75, 3.05) is 6.61 Å². The number of aromatic nitrogens is 2. The number of hydrogen-bond donors (Lipinski definition) is 5. The third-order valence-electron chi connectivity index (χ3n) is 3.28. The minimum absolute atomic E-state index is 0.110. The quantitative estimate of drug-likeness (QED) is 0.436. The summed E-state index contributed by atoms with van der Waals surface area (Å²) in [6.45, 7) is -0.424. The molecule has 4 atom stereocenters. The van der Waals surface area contributed by atoms with Gasteiger partial charge in [0.05, 0.1) is 24.8 Å². The molecular weight excluding hydrogens is 256 g/mol. The number of carboxylic acids is 1. The monoisotopic (exact) mass is 272 g/mol. The Hall–Kier alpha value is -1.48. The summed E-state index contributed by atoms with van der Waals surface area (Å²) < 4.78 is 1.39. The van der Waals surface area contributed by atoms with Crippen LogP contribution >= 0.6 is 0 Å². The van der Waals surface area contributed by atoms with Gasteiger partial charge in [-0.2, -0.15) is 0 Å². The predicted molar refractivity (Wildman–Crippen MR) is 61.3 cm³/mol. The summed E-state index contributed by atoms with van der Waals surface area (Å²) in [6.07, 6.45) is -2.56. The molecule has 106 valence electrons. The minimum atomic E-state index is -1.43. The van der Waals surface area contributed by atoms with Crippen LogP contribution in [0.2, 0.25) is 0 Å². The number of hydrogen-bond acceptors (Lipinski definition) is 6. The zero-order chi connectivity index (χ0) is 14.2. The van der Waals surface area contributed by atoms with E-state index in [1.807, 2.05) is 0 Å². The second-order valence-corrected chi connectivity index (χ2v) is 4.57. The highest BCUT2D eigenvalue weighted by molar-refractivity contribution is 5.66. The van der Waals surface area contributed by atoms with Gasteiger partial charge >= 0.3 is 5.97 Å². The molecule has 0 fully saturated rings. The van der Waals surface area contributed by atoms with E-state index in [9.17, 15) is 25.2 Å². The third-order valence-corrected chi connectivity index (χ3v) is 3.28. The number of aryl methyl sites for hydroxylation is 1. The Balaban J connectivity index is 2.30. The Morgan fingerprint density at radius 3 is 2.58 bits per heavy atom. The molecule has 0 spiro atoms. The third kappa shape index (κ3) is 2.47. The Kier molecular flexibility index (Phi) is 3.85. The highest BCUT2D eigenvalue weighted by Gasteiger charge is 2.41. The molecule has 0 aliphatic carbocycles. The normalized spacial score (nSPS) is 30.1. The molecule has 0 aromatic carbocycles. The zero-order valence-electron chi connectivity index (χ0n) is 10.0. The molecular formula is C11H16N2O6. The number of fused-ring (bicyclic) bond motifs is 1. The minimum Gasteiger partial charge on any atom is -0.481 e. The summed E-state index contributed by atoms with van der Waals surface area (Å²) in [4.78, 5) is 14.6. The van der Waals surface area contributed by atoms with E-state index in [1.165, 1.54) is 10.8 Å². The maximum absolute atomic E-state index is 10.5.